The summed E-state index contributed by atoms with van der Waals surface area (Å²) in [7, 11) is 3.13. The number of aromatic nitrogens is 3. The van der Waals surface area contributed by atoms with Crippen LogP contribution in [-0.2, 0) is 23.0 Å². The molecule has 0 aliphatic rings. The van der Waals surface area contributed by atoms with Crippen molar-refractivity contribution in [3.63, 3.8) is 0 Å². The third-order valence-electron chi connectivity index (χ3n) is 4.82. The van der Waals surface area contributed by atoms with E-state index in [9.17, 15) is 9.59 Å². The van der Waals surface area contributed by atoms with Crippen LogP contribution in [0.25, 0.3) is 0 Å². The Morgan fingerprint density at radius 1 is 1.12 bits per heavy atom. The monoisotopic (exact) mass is 454 g/mol. The van der Waals surface area contributed by atoms with E-state index in [0.29, 0.717) is 22.2 Å². The number of rotatable bonds is 9. The molecule has 0 saturated carbocycles. The lowest BCUT2D eigenvalue weighted by atomic mass is 10.2. The first-order valence-electron chi connectivity index (χ1n) is 10.2. The van der Waals surface area contributed by atoms with Gasteiger partial charge in [0.05, 0.1) is 24.1 Å². The number of aryl methyl sites for hydroxylation is 1. The Morgan fingerprint density at radius 2 is 1.84 bits per heavy atom. The van der Waals surface area contributed by atoms with Crippen LogP contribution in [0.2, 0.25) is 0 Å². The molecule has 1 amide bonds. The average Bonchev–Trinajstić information content (AvgIpc) is 3.18. The molecule has 0 radical (unpaired) electrons. The number of anilines is 1. The topological polar surface area (TPSA) is 95.3 Å². The second kappa shape index (κ2) is 10.8. The lowest BCUT2D eigenvalue weighted by molar-refractivity contribution is -0.113. The van der Waals surface area contributed by atoms with Crippen LogP contribution in [0.3, 0.4) is 0 Å². The summed E-state index contributed by atoms with van der Waals surface area (Å²) < 4.78 is 12.6. The molecule has 1 aromatic heterocycles. The Bertz CT molecular complexity index is 1080. The largest absolute Gasteiger partial charge is 0.483 e. The van der Waals surface area contributed by atoms with E-state index in [1.807, 2.05) is 42.8 Å². The van der Waals surface area contributed by atoms with E-state index in [-0.39, 0.29) is 17.8 Å². The number of ether oxygens (including phenoxy) is 2. The molecule has 1 atom stereocenters. The molecule has 0 unspecified atom stereocenters. The minimum atomic E-state index is -0.509. The van der Waals surface area contributed by atoms with Gasteiger partial charge in [0.1, 0.15) is 5.75 Å². The number of nitrogens with zero attached hydrogens (tertiary/aromatic N) is 3. The highest BCUT2D eigenvalue weighted by Gasteiger charge is 2.19. The molecule has 0 aliphatic heterocycles. The summed E-state index contributed by atoms with van der Waals surface area (Å²) in [6.07, 6.45) is 0.664. The summed E-state index contributed by atoms with van der Waals surface area (Å²) in [5.74, 6) is 0.745. The SMILES string of the molecule is CCc1ccc(O[C@H](C)c2nnc(SCC(=O)Nc3ccccc3C(=O)OC)n2C)cc1. The molecule has 0 aliphatic carbocycles. The van der Waals surface area contributed by atoms with Crippen LogP contribution in [-0.4, -0.2) is 39.5 Å². The zero-order chi connectivity index (χ0) is 23.1. The molecular formula is C23H26N4O4S. The fourth-order valence-corrected chi connectivity index (χ4v) is 3.78. The van der Waals surface area contributed by atoms with Crippen molar-refractivity contribution in [2.45, 2.75) is 31.5 Å². The molecule has 0 bridgehead atoms. The maximum absolute atomic E-state index is 12.4. The molecular weight excluding hydrogens is 428 g/mol. The summed E-state index contributed by atoms with van der Waals surface area (Å²) >= 11 is 1.25. The number of benzene rings is 2. The maximum Gasteiger partial charge on any atom is 0.339 e. The number of carbonyl (C=O) groups is 2. The molecule has 1 N–H and O–H groups in total. The van der Waals surface area contributed by atoms with Gasteiger partial charge < -0.3 is 19.4 Å². The van der Waals surface area contributed by atoms with Crippen LogP contribution in [0.5, 0.6) is 5.75 Å². The number of carbonyl (C=O) groups excluding carboxylic acids is 2. The quantitative estimate of drug-likeness (QED) is 0.385. The van der Waals surface area contributed by atoms with Gasteiger partial charge in [-0.2, -0.15) is 0 Å². The zero-order valence-corrected chi connectivity index (χ0v) is 19.3. The molecule has 0 spiro atoms. The summed E-state index contributed by atoms with van der Waals surface area (Å²) in [6.45, 7) is 4.01. The molecule has 9 heteroatoms. The van der Waals surface area contributed by atoms with Crippen molar-refractivity contribution in [3.8, 4) is 5.75 Å². The summed E-state index contributed by atoms with van der Waals surface area (Å²) in [4.78, 5) is 24.3. The average molecular weight is 455 g/mol. The van der Waals surface area contributed by atoms with Crippen molar-refractivity contribution >= 4 is 29.3 Å². The second-order valence-corrected chi connectivity index (χ2v) is 7.97. The standard InChI is InChI=1S/C23H26N4O4S/c1-5-16-10-12-17(13-11-16)31-15(2)21-25-26-23(27(21)3)32-14-20(28)24-19-9-7-6-8-18(19)22(29)30-4/h6-13,15H,5,14H2,1-4H3,(H,24,28)/t15-/m1/s1. The highest BCUT2D eigenvalue weighted by molar-refractivity contribution is 7.99. The Hall–Kier alpha value is -3.33. The normalized spacial score (nSPS) is 11.6. The Balaban J connectivity index is 1.60. The molecule has 2 aromatic carbocycles. The van der Waals surface area contributed by atoms with Gasteiger partial charge in [0.25, 0.3) is 0 Å². The fourth-order valence-electron chi connectivity index (χ4n) is 3.06. The van der Waals surface area contributed by atoms with Gasteiger partial charge in [-0.25, -0.2) is 4.79 Å². The number of esters is 1. The Labute approximate surface area is 191 Å². The van der Waals surface area contributed by atoms with E-state index < -0.39 is 5.97 Å². The Morgan fingerprint density at radius 3 is 2.53 bits per heavy atom. The summed E-state index contributed by atoms with van der Waals surface area (Å²) in [5, 5.41) is 11.8. The second-order valence-electron chi connectivity index (χ2n) is 7.03. The number of para-hydroxylation sites is 1. The molecule has 168 valence electrons. The van der Waals surface area contributed by atoms with Crippen LogP contribution in [0.1, 0.15) is 41.7 Å². The first-order chi connectivity index (χ1) is 15.4. The van der Waals surface area contributed by atoms with Crippen LogP contribution < -0.4 is 10.1 Å². The smallest absolute Gasteiger partial charge is 0.339 e. The predicted molar refractivity (Wildman–Crippen MR) is 123 cm³/mol. The van der Waals surface area contributed by atoms with Gasteiger partial charge in [-0.15, -0.1) is 10.2 Å². The highest BCUT2D eigenvalue weighted by Crippen LogP contribution is 2.24. The summed E-state index contributed by atoms with van der Waals surface area (Å²) in [5.41, 5.74) is 1.95. The summed E-state index contributed by atoms with van der Waals surface area (Å²) in [6, 6.07) is 14.7. The minimum absolute atomic E-state index is 0.106. The van der Waals surface area contributed by atoms with E-state index in [1.54, 1.807) is 24.3 Å². The minimum Gasteiger partial charge on any atom is -0.483 e. The maximum atomic E-state index is 12.4. The highest BCUT2D eigenvalue weighted by atomic mass is 32.2. The van der Waals surface area contributed by atoms with Crippen LogP contribution in [0.15, 0.2) is 53.7 Å². The lowest BCUT2D eigenvalue weighted by Gasteiger charge is -2.14. The van der Waals surface area contributed by atoms with Crippen LogP contribution >= 0.6 is 11.8 Å². The third-order valence-corrected chi connectivity index (χ3v) is 5.84. The molecule has 0 fully saturated rings. The lowest BCUT2D eigenvalue weighted by Crippen LogP contribution is -2.17. The van der Waals surface area contributed by atoms with E-state index >= 15 is 0 Å². The van der Waals surface area contributed by atoms with Gasteiger partial charge in [-0.3, -0.25) is 4.79 Å². The van der Waals surface area contributed by atoms with Crippen molar-refractivity contribution < 1.29 is 19.1 Å². The van der Waals surface area contributed by atoms with Gasteiger partial charge >= 0.3 is 5.97 Å². The van der Waals surface area contributed by atoms with Crippen molar-refractivity contribution in [3.05, 3.63) is 65.5 Å². The van der Waals surface area contributed by atoms with Gasteiger partial charge in [0.15, 0.2) is 17.1 Å². The number of thioether (sulfide) groups is 1. The molecule has 8 nitrogen and oxygen atoms in total. The van der Waals surface area contributed by atoms with Crippen molar-refractivity contribution in [1.29, 1.82) is 0 Å². The van der Waals surface area contributed by atoms with Gasteiger partial charge in [0, 0.05) is 7.05 Å². The van der Waals surface area contributed by atoms with E-state index in [0.717, 1.165) is 12.2 Å². The van der Waals surface area contributed by atoms with Crippen molar-refractivity contribution in [2.75, 3.05) is 18.2 Å². The van der Waals surface area contributed by atoms with Crippen LogP contribution in [0, 0.1) is 0 Å². The molecule has 3 rings (SSSR count). The van der Waals surface area contributed by atoms with Gasteiger partial charge in [-0.1, -0.05) is 43.0 Å². The first-order valence-corrected chi connectivity index (χ1v) is 11.2. The van der Waals surface area contributed by atoms with Gasteiger partial charge in [0.2, 0.25) is 5.91 Å². The first kappa shape index (κ1) is 23.3. The fraction of sp³-hybridized carbons (Fsp3) is 0.304. The van der Waals surface area contributed by atoms with Gasteiger partial charge in [-0.05, 0) is 43.2 Å². The Kier molecular flexibility index (Phi) is 7.88. The molecule has 3 aromatic rings. The van der Waals surface area contributed by atoms with E-state index in [2.05, 4.69) is 22.4 Å². The third kappa shape index (κ3) is 5.67. The van der Waals surface area contributed by atoms with Crippen molar-refractivity contribution in [2.24, 2.45) is 7.05 Å². The molecule has 0 saturated heterocycles. The van der Waals surface area contributed by atoms with E-state index in [4.69, 9.17) is 9.47 Å². The molecule has 1 heterocycles. The number of hydrogen-bond donors (Lipinski definition) is 1. The van der Waals surface area contributed by atoms with Crippen LogP contribution in [0.4, 0.5) is 5.69 Å². The predicted octanol–water partition coefficient (Wildman–Crippen LogP) is 4.03. The number of hydrogen-bond acceptors (Lipinski definition) is 7. The number of amides is 1. The number of methoxy groups -OCH3 is 1. The van der Waals surface area contributed by atoms with Crippen molar-refractivity contribution in [1.82, 2.24) is 14.8 Å². The molecule has 32 heavy (non-hydrogen) atoms. The van der Waals surface area contributed by atoms with E-state index in [1.165, 1.54) is 24.4 Å². The number of nitrogens with one attached hydrogen (secondary N) is 1. The zero-order valence-electron chi connectivity index (χ0n) is 18.5.